The number of hydrogen-bond acceptors (Lipinski definition) is 3. The molecular formula is C21H16F2N4O. The molecule has 4 aromatic rings. The summed E-state index contributed by atoms with van der Waals surface area (Å²) < 4.78 is 28.6. The zero-order valence-electron chi connectivity index (χ0n) is 15.2. The van der Waals surface area contributed by atoms with Crippen LogP contribution in [0.1, 0.15) is 21.7 Å². The molecule has 0 atom stereocenters. The molecule has 0 saturated carbocycles. The second-order valence-electron chi connectivity index (χ2n) is 6.45. The molecule has 4 rings (SSSR count). The number of anilines is 1. The van der Waals surface area contributed by atoms with Gasteiger partial charge in [0.2, 0.25) is 0 Å². The van der Waals surface area contributed by atoms with Gasteiger partial charge in [-0.3, -0.25) is 4.79 Å². The standard InChI is InChI=1S/C21H16F2N4O/c1-12-9-18(21(28)25-16-7-3-5-14(22)10-16)19-13(2)26-27(20(19)24-12)17-8-4-6-15(23)11-17/h3-11H,1-2H3,(H,25,28). The first-order valence-electron chi connectivity index (χ1n) is 8.62. The van der Waals surface area contributed by atoms with E-state index >= 15 is 0 Å². The Bertz CT molecular complexity index is 1220. The first-order valence-corrected chi connectivity index (χ1v) is 8.62. The molecule has 0 radical (unpaired) electrons. The van der Waals surface area contributed by atoms with Gasteiger partial charge in [0, 0.05) is 11.4 Å². The summed E-state index contributed by atoms with van der Waals surface area (Å²) in [7, 11) is 0. The molecule has 0 aliphatic rings. The fourth-order valence-corrected chi connectivity index (χ4v) is 3.15. The van der Waals surface area contributed by atoms with Crippen molar-refractivity contribution in [1.29, 1.82) is 0 Å². The zero-order chi connectivity index (χ0) is 19.8. The maximum atomic E-state index is 13.7. The lowest BCUT2D eigenvalue weighted by Crippen LogP contribution is -2.13. The Morgan fingerprint density at radius 1 is 1.00 bits per heavy atom. The van der Waals surface area contributed by atoms with E-state index in [2.05, 4.69) is 15.4 Å². The minimum Gasteiger partial charge on any atom is -0.322 e. The van der Waals surface area contributed by atoms with Gasteiger partial charge in [-0.05, 0) is 56.3 Å². The predicted octanol–water partition coefficient (Wildman–Crippen LogP) is 4.57. The number of nitrogens with one attached hydrogen (secondary N) is 1. The molecule has 0 bridgehead atoms. The van der Waals surface area contributed by atoms with Gasteiger partial charge in [-0.25, -0.2) is 18.4 Å². The Morgan fingerprint density at radius 2 is 1.71 bits per heavy atom. The first-order chi connectivity index (χ1) is 13.4. The van der Waals surface area contributed by atoms with Gasteiger partial charge >= 0.3 is 0 Å². The van der Waals surface area contributed by atoms with E-state index in [0.29, 0.717) is 39.4 Å². The molecule has 28 heavy (non-hydrogen) atoms. The van der Waals surface area contributed by atoms with Crippen LogP contribution in [0.5, 0.6) is 0 Å². The van der Waals surface area contributed by atoms with E-state index < -0.39 is 17.5 Å². The number of aromatic nitrogens is 3. The third-order valence-electron chi connectivity index (χ3n) is 4.32. The number of carbonyl (C=O) groups excluding carboxylic acids is 1. The van der Waals surface area contributed by atoms with Crippen molar-refractivity contribution in [3.8, 4) is 5.69 Å². The van der Waals surface area contributed by atoms with Crippen LogP contribution in [0.25, 0.3) is 16.7 Å². The minimum absolute atomic E-state index is 0.350. The summed E-state index contributed by atoms with van der Waals surface area (Å²) in [4.78, 5) is 17.4. The highest BCUT2D eigenvalue weighted by Gasteiger charge is 2.20. The molecule has 0 spiro atoms. The first kappa shape index (κ1) is 17.8. The average Bonchev–Trinajstić information content (AvgIpc) is 2.97. The lowest BCUT2D eigenvalue weighted by atomic mass is 10.1. The van der Waals surface area contributed by atoms with E-state index in [9.17, 15) is 13.6 Å². The van der Waals surface area contributed by atoms with Crippen molar-refractivity contribution in [3.05, 3.63) is 83.2 Å². The summed E-state index contributed by atoms with van der Waals surface area (Å²) in [6, 6.07) is 13.3. The number of benzene rings is 2. The molecule has 0 unspecified atom stereocenters. The number of hydrogen-bond donors (Lipinski definition) is 1. The number of amides is 1. The van der Waals surface area contributed by atoms with Crippen molar-refractivity contribution < 1.29 is 13.6 Å². The Morgan fingerprint density at radius 3 is 2.43 bits per heavy atom. The third-order valence-corrected chi connectivity index (χ3v) is 4.32. The van der Waals surface area contributed by atoms with E-state index in [-0.39, 0.29) is 0 Å². The number of fused-ring (bicyclic) bond motifs is 1. The van der Waals surface area contributed by atoms with Crippen molar-refractivity contribution in [2.75, 3.05) is 5.32 Å². The summed E-state index contributed by atoms with van der Waals surface area (Å²) in [5.41, 5.74) is 2.86. The van der Waals surface area contributed by atoms with Crippen LogP contribution < -0.4 is 5.32 Å². The van der Waals surface area contributed by atoms with E-state index in [1.165, 1.54) is 35.0 Å². The SMILES string of the molecule is Cc1cc(C(=O)Nc2cccc(F)c2)c2c(C)nn(-c3cccc(F)c3)c2n1. The Balaban J connectivity index is 1.84. The predicted molar refractivity (Wildman–Crippen MR) is 103 cm³/mol. The van der Waals surface area contributed by atoms with Crippen LogP contribution in [0.4, 0.5) is 14.5 Å². The van der Waals surface area contributed by atoms with Gasteiger partial charge in [0.05, 0.1) is 22.3 Å². The number of pyridine rings is 1. The van der Waals surface area contributed by atoms with Gasteiger partial charge in [-0.2, -0.15) is 5.10 Å². The molecule has 140 valence electrons. The van der Waals surface area contributed by atoms with Crippen molar-refractivity contribution in [2.24, 2.45) is 0 Å². The highest BCUT2D eigenvalue weighted by Crippen LogP contribution is 2.26. The molecule has 7 heteroatoms. The van der Waals surface area contributed by atoms with Crippen LogP contribution in [-0.4, -0.2) is 20.7 Å². The molecule has 0 aliphatic heterocycles. The lowest BCUT2D eigenvalue weighted by Gasteiger charge is -2.09. The molecule has 1 amide bonds. The maximum Gasteiger partial charge on any atom is 0.256 e. The fraction of sp³-hybridized carbons (Fsp3) is 0.0952. The third kappa shape index (κ3) is 3.22. The number of halogens is 2. The van der Waals surface area contributed by atoms with Gasteiger partial charge in [0.1, 0.15) is 11.6 Å². The van der Waals surface area contributed by atoms with Gasteiger partial charge < -0.3 is 5.32 Å². The van der Waals surface area contributed by atoms with Crippen LogP contribution in [0.2, 0.25) is 0 Å². The highest BCUT2D eigenvalue weighted by atomic mass is 19.1. The van der Waals surface area contributed by atoms with Crippen molar-refractivity contribution in [1.82, 2.24) is 14.8 Å². The molecule has 2 heterocycles. The summed E-state index contributed by atoms with van der Waals surface area (Å²) in [5.74, 6) is -1.23. The van der Waals surface area contributed by atoms with E-state index in [0.717, 1.165) is 0 Å². The van der Waals surface area contributed by atoms with E-state index in [1.807, 2.05) is 0 Å². The second-order valence-corrected chi connectivity index (χ2v) is 6.45. The van der Waals surface area contributed by atoms with Crippen LogP contribution >= 0.6 is 0 Å². The molecular weight excluding hydrogens is 362 g/mol. The fourth-order valence-electron chi connectivity index (χ4n) is 3.15. The lowest BCUT2D eigenvalue weighted by molar-refractivity contribution is 0.102. The molecule has 2 aromatic heterocycles. The summed E-state index contributed by atoms with van der Waals surface area (Å²) in [5, 5.41) is 7.71. The summed E-state index contributed by atoms with van der Waals surface area (Å²) >= 11 is 0. The van der Waals surface area contributed by atoms with Crippen LogP contribution in [0, 0.1) is 25.5 Å². The van der Waals surface area contributed by atoms with Gasteiger partial charge in [-0.1, -0.05) is 12.1 Å². The second kappa shape index (κ2) is 6.84. The summed E-state index contributed by atoms with van der Waals surface area (Å²) in [6.07, 6.45) is 0. The number of rotatable bonds is 3. The van der Waals surface area contributed by atoms with E-state index in [4.69, 9.17) is 0 Å². The zero-order valence-corrected chi connectivity index (χ0v) is 15.2. The van der Waals surface area contributed by atoms with Crippen LogP contribution in [-0.2, 0) is 0 Å². The molecule has 5 nitrogen and oxygen atoms in total. The quantitative estimate of drug-likeness (QED) is 0.568. The molecule has 0 saturated heterocycles. The minimum atomic E-state index is -0.441. The van der Waals surface area contributed by atoms with Crippen molar-refractivity contribution in [2.45, 2.75) is 13.8 Å². The monoisotopic (exact) mass is 378 g/mol. The highest BCUT2D eigenvalue weighted by molar-refractivity contribution is 6.12. The van der Waals surface area contributed by atoms with Gasteiger partial charge in [-0.15, -0.1) is 0 Å². The molecule has 1 N–H and O–H groups in total. The smallest absolute Gasteiger partial charge is 0.256 e. The molecule has 2 aromatic carbocycles. The van der Waals surface area contributed by atoms with Crippen LogP contribution in [0.15, 0.2) is 54.6 Å². The Hall–Kier alpha value is -3.61. The average molecular weight is 378 g/mol. The van der Waals surface area contributed by atoms with E-state index in [1.54, 1.807) is 38.1 Å². The summed E-state index contributed by atoms with van der Waals surface area (Å²) in [6.45, 7) is 3.52. The normalized spacial score (nSPS) is 11.0. The molecule has 0 fully saturated rings. The van der Waals surface area contributed by atoms with Crippen molar-refractivity contribution >= 4 is 22.6 Å². The largest absolute Gasteiger partial charge is 0.322 e. The van der Waals surface area contributed by atoms with Gasteiger partial charge in [0.25, 0.3) is 5.91 Å². The molecule has 0 aliphatic carbocycles. The number of aryl methyl sites for hydroxylation is 2. The van der Waals surface area contributed by atoms with Crippen molar-refractivity contribution in [3.63, 3.8) is 0 Å². The van der Waals surface area contributed by atoms with Crippen LogP contribution in [0.3, 0.4) is 0 Å². The maximum absolute atomic E-state index is 13.7. The topological polar surface area (TPSA) is 59.8 Å². The number of nitrogens with zero attached hydrogens (tertiary/aromatic N) is 3. The Labute approximate surface area is 159 Å². The Kier molecular flexibility index (Phi) is 4.35. The van der Waals surface area contributed by atoms with Gasteiger partial charge in [0.15, 0.2) is 5.65 Å². The number of carbonyl (C=O) groups is 1.